The van der Waals surface area contributed by atoms with Crippen LogP contribution in [0, 0.1) is 0 Å². The SMILES string of the molecule is c1ccc2c(c1)c(-c1ccc3c4ccccc4c4ccccc4c3c1)cc1c(-c3ccc(-c4ccncc4)cc3)cc(-c3ccc4c5ccccc5c5ccccc5c4c3)nc12. The summed E-state index contributed by atoms with van der Waals surface area (Å²) in [5, 5.41) is 18.6. The van der Waals surface area contributed by atoms with Gasteiger partial charge in [0.2, 0.25) is 0 Å². The van der Waals surface area contributed by atoms with Crippen LogP contribution < -0.4 is 0 Å². The summed E-state index contributed by atoms with van der Waals surface area (Å²) in [6.45, 7) is 0. The lowest BCUT2D eigenvalue weighted by Gasteiger charge is -2.17. The smallest absolute Gasteiger partial charge is 0.0794 e. The zero-order valence-corrected chi connectivity index (χ0v) is 33.7. The molecule has 2 nitrogen and oxygen atoms in total. The van der Waals surface area contributed by atoms with Gasteiger partial charge in [-0.25, -0.2) is 4.98 Å². The first-order valence-corrected chi connectivity index (χ1v) is 21.3. The molecule has 2 aromatic heterocycles. The lowest BCUT2D eigenvalue weighted by atomic mass is 9.88. The summed E-state index contributed by atoms with van der Waals surface area (Å²) in [7, 11) is 0. The highest BCUT2D eigenvalue weighted by molar-refractivity contribution is 6.27. The molecule has 0 aliphatic rings. The highest BCUT2D eigenvalue weighted by atomic mass is 14.7. The molecule has 0 fully saturated rings. The largest absolute Gasteiger partial charge is 0.265 e. The number of aromatic nitrogens is 2. The summed E-state index contributed by atoms with van der Waals surface area (Å²) in [4.78, 5) is 9.88. The van der Waals surface area contributed by atoms with Crippen molar-refractivity contribution in [2.24, 2.45) is 0 Å². The molecule has 0 amide bonds. The summed E-state index contributed by atoms with van der Waals surface area (Å²) in [6, 6.07) is 75.8. The highest BCUT2D eigenvalue weighted by Crippen LogP contribution is 2.44. The topological polar surface area (TPSA) is 25.8 Å². The Balaban J connectivity index is 1.08. The van der Waals surface area contributed by atoms with Gasteiger partial charge in [0.1, 0.15) is 0 Å². The van der Waals surface area contributed by atoms with E-state index in [0.29, 0.717) is 0 Å². The van der Waals surface area contributed by atoms with E-state index in [1.165, 1.54) is 81.1 Å². The Kier molecular flexibility index (Phi) is 7.64. The first kappa shape index (κ1) is 34.6. The van der Waals surface area contributed by atoms with Crippen molar-refractivity contribution in [1.29, 1.82) is 0 Å². The second kappa shape index (κ2) is 13.7. The molecule has 0 N–H and O–H groups in total. The number of hydrogen-bond donors (Lipinski definition) is 0. The maximum absolute atomic E-state index is 5.63. The molecule has 0 aliphatic carbocycles. The zero-order chi connectivity index (χ0) is 40.7. The van der Waals surface area contributed by atoms with Gasteiger partial charge in [0.05, 0.1) is 11.2 Å². The van der Waals surface area contributed by atoms with Gasteiger partial charge in [-0.15, -0.1) is 0 Å². The van der Waals surface area contributed by atoms with E-state index in [0.717, 1.165) is 49.8 Å². The number of fused-ring (bicyclic) bond motifs is 15. The molecule has 13 rings (SSSR count). The Hall–Kier alpha value is -8.20. The summed E-state index contributed by atoms with van der Waals surface area (Å²) in [6.07, 6.45) is 3.71. The van der Waals surface area contributed by atoms with Gasteiger partial charge in [0, 0.05) is 28.7 Å². The van der Waals surface area contributed by atoms with Crippen LogP contribution in [0.15, 0.2) is 219 Å². The molecule has 11 aromatic carbocycles. The highest BCUT2D eigenvalue weighted by Gasteiger charge is 2.18. The van der Waals surface area contributed by atoms with Crippen molar-refractivity contribution in [1.82, 2.24) is 9.97 Å². The van der Waals surface area contributed by atoms with Crippen LogP contribution in [0.2, 0.25) is 0 Å². The van der Waals surface area contributed by atoms with Crippen molar-refractivity contribution in [3.05, 3.63) is 219 Å². The Morgan fingerprint density at radius 1 is 0.226 bits per heavy atom. The van der Waals surface area contributed by atoms with Gasteiger partial charge in [-0.3, -0.25) is 4.98 Å². The van der Waals surface area contributed by atoms with Gasteiger partial charge in [-0.1, -0.05) is 170 Å². The van der Waals surface area contributed by atoms with Gasteiger partial charge in [-0.2, -0.15) is 0 Å². The summed E-state index contributed by atoms with van der Waals surface area (Å²) < 4.78 is 0. The number of rotatable bonds is 4. The van der Waals surface area contributed by atoms with E-state index in [9.17, 15) is 0 Å². The van der Waals surface area contributed by atoms with Crippen molar-refractivity contribution in [3.8, 4) is 44.6 Å². The minimum absolute atomic E-state index is 0.951. The molecule has 0 radical (unpaired) electrons. The fourth-order valence-electron chi connectivity index (χ4n) is 10.2. The molecule has 13 aromatic rings. The van der Waals surface area contributed by atoms with Crippen LogP contribution in [0.1, 0.15) is 0 Å². The maximum atomic E-state index is 5.63. The molecule has 0 aliphatic heterocycles. The van der Waals surface area contributed by atoms with Crippen LogP contribution >= 0.6 is 0 Å². The lowest BCUT2D eigenvalue weighted by Crippen LogP contribution is -1.94. The normalized spacial score (nSPS) is 11.9. The minimum Gasteiger partial charge on any atom is -0.265 e. The standard InChI is InChI=1S/C60H36N2/c1-3-15-46-42(11-1)44-13-5-7-17-48(44)56-33-40(25-27-51(46)56)54-35-58-55(39-23-21-37(22-24-39)38-29-31-61-32-30-38)36-59(62-60(58)53-20-10-9-19-50(53)54)41-26-28-52-47-16-4-2-12-43(47)45-14-6-8-18-49(45)57(52)34-41/h1-36H. The Bertz CT molecular complexity index is 3890. The molecular formula is C60H36N2. The van der Waals surface area contributed by atoms with Gasteiger partial charge >= 0.3 is 0 Å². The van der Waals surface area contributed by atoms with Crippen molar-refractivity contribution >= 4 is 86.3 Å². The Morgan fingerprint density at radius 2 is 0.597 bits per heavy atom. The molecule has 2 heterocycles. The van der Waals surface area contributed by atoms with Crippen LogP contribution in [-0.4, -0.2) is 9.97 Å². The van der Waals surface area contributed by atoms with Gasteiger partial charge in [0.25, 0.3) is 0 Å². The quantitative estimate of drug-likeness (QED) is 0.166. The molecule has 286 valence electrons. The van der Waals surface area contributed by atoms with E-state index in [1.807, 2.05) is 12.4 Å². The van der Waals surface area contributed by atoms with Gasteiger partial charge in [-0.05, 0) is 140 Å². The average Bonchev–Trinajstić information content (AvgIpc) is 3.36. The van der Waals surface area contributed by atoms with Crippen LogP contribution in [0.25, 0.3) is 131 Å². The van der Waals surface area contributed by atoms with Crippen molar-refractivity contribution < 1.29 is 0 Å². The first-order valence-electron chi connectivity index (χ1n) is 21.3. The molecule has 0 spiro atoms. The number of pyridine rings is 2. The fraction of sp³-hybridized carbons (Fsp3) is 0. The number of nitrogens with zero attached hydrogens (tertiary/aromatic N) is 2. The summed E-state index contributed by atoms with van der Waals surface area (Å²) in [5.74, 6) is 0. The van der Waals surface area contributed by atoms with Crippen LogP contribution in [-0.2, 0) is 0 Å². The van der Waals surface area contributed by atoms with Crippen molar-refractivity contribution in [3.63, 3.8) is 0 Å². The minimum atomic E-state index is 0.951. The molecule has 0 saturated carbocycles. The second-order valence-electron chi connectivity index (χ2n) is 16.4. The second-order valence-corrected chi connectivity index (χ2v) is 16.4. The number of benzene rings is 11. The molecule has 0 unspecified atom stereocenters. The summed E-state index contributed by atoms with van der Waals surface area (Å²) in [5.41, 5.74) is 10.0. The van der Waals surface area contributed by atoms with E-state index in [2.05, 4.69) is 211 Å². The van der Waals surface area contributed by atoms with E-state index in [4.69, 9.17) is 4.98 Å². The van der Waals surface area contributed by atoms with Crippen molar-refractivity contribution in [2.75, 3.05) is 0 Å². The molecule has 0 bridgehead atoms. The predicted octanol–water partition coefficient (Wildman–Crippen LogP) is 16.4. The predicted molar refractivity (Wildman–Crippen MR) is 264 cm³/mol. The third kappa shape index (κ3) is 5.30. The van der Waals surface area contributed by atoms with Crippen LogP contribution in [0.5, 0.6) is 0 Å². The van der Waals surface area contributed by atoms with E-state index in [1.54, 1.807) is 0 Å². The van der Waals surface area contributed by atoms with Gasteiger partial charge in [0.15, 0.2) is 0 Å². The van der Waals surface area contributed by atoms with Gasteiger partial charge < -0.3 is 0 Å². The fourth-order valence-corrected chi connectivity index (χ4v) is 10.2. The third-order valence-corrected chi connectivity index (χ3v) is 13.1. The van der Waals surface area contributed by atoms with Crippen LogP contribution in [0.4, 0.5) is 0 Å². The Morgan fingerprint density at radius 3 is 1.13 bits per heavy atom. The van der Waals surface area contributed by atoms with Crippen LogP contribution in [0.3, 0.4) is 0 Å². The lowest BCUT2D eigenvalue weighted by molar-refractivity contribution is 1.33. The first-order chi connectivity index (χ1) is 30.7. The molecular weight excluding hydrogens is 749 g/mol. The molecule has 0 atom stereocenters. The average molecular weight is 785 g/mol. The zero-order valence-electron chi connectivity index (χ0n) is 33.7. The van der Waals surface area contributed by atoms with E-state index in [-0.39, 0.29) is 0 Å². The third-order valence-electron chi connectivity index (χ3n) is 13.1. The Labute approximate surface area is 358 Å². The molecule has 2 heteroatoms. The number of hydrogen-bond acceptors (Lipinski definition) is 2. The van der Waals surface area contributed by atoms with E-state index < -0.39 is 0 Å². The van der Waals surface area contributed by atoms with Crippen molar-refractivity contribution in [2.45, 2.75) is 0 Å². The molecule has 62 heavy (non-hydrogen) atoms. The monoisotopic (exact) mass is 784 g/mol. The maximum Gasteiger partial charge on any atom is 0.0794 e. The van der Waals surface area contributed by atoms with E-state index >= 15 is 0 Å². The summed E-state index contributed by atoms with van der Waals surface area (Å²) >= 11 is 0. The molecule has 0 saturated heterocycles.